The molecule has 21 heavy (non-hydrogen) atoms. The van der Waals surface area contributed by atoms with E-state index in [9.17, 15) is 4.79 Å². The zero-order valence-corrected chi connectivity index (χ0v) is 13.7. The van der Waals surface area contributed by atoms with Gasteiger partial charge >= 0.3 is 0 Å². The molecule has 1 atom stereocenters. The molecule has 116 valence electrons. The van der Waals surface area contributed by atoms with Crippen molar-refractivity contribution in [2.45, 2.75) is 34.1 Å². The Hall–Kier alpha value is -1.35. The minimum Gasteiger partial charge on any atom is -0.491 e. The smallest absolute Gasteiger partial charge is 0.163 e. The first-order valence-corrected chi connectivity index (χ1v) is 7.83. The van der Waals surface area contributed by atoms with Gasteiger partial charge in [-0.15, -0.1) is 0 Å². The fourth-order valence-corrected chi connectivity index (χ4v) is 2.91. The van der Waals surface area contributed by atoms with Crippen LogP contribution in [0.3, 0.4) is 0 Å². The van der Waals surface area contributed by atoms with Gasteiger partial charge in [-0.3, -0.25) is 9.69 Å². The van der Waals surface area contributed by atoms with Gasteiger partial charge < -0.3 is 4.74 Å². The predicted octanol–water partition coefficient (Wildman–Crippen LogP) is 3.64. The maximum Gasteiger partial charge on any atom is 0.163 e. The Balaban J connectivity index is 1.82. The molecule has 0 radical (unpaired) electrons. The van der Waals surface area contributed by atoms with Crippen molar-refractivity contribution >= 4 is 5.78 Å². The summed E-state index contributed by atoms with van der Waals surface area (Å²) in [6.07, 6.45) is 1.27. The standard InChI is InChI=1S/C18H27NO2/c1-14(20)16-7-5-6-8-17(16)21-12-11-19-10-9-15(13-19)18(2,3)4/h5-8,15H,9-13H2,1-4H3. The van der Waals surface area contributed by atoms with Crippen LogP contribution in [0.1, 0.15) is 44.5 Å². The van der Waals surface area contributed by atoms with Gasteiger partial charge in [0.05, 0.1) is 5.56 Å². The number of nitrogens with zero attached hydrogens (tertiary/aromatic N) is 1. The largest absolute Gasteiger partial charge is 0.491 e. The summed E-state index contributed by atoms with van der Waals surface area (Å²) in [6, 6.07) is 7.48. The average molecular weight is 289 g/mol. The van der Waals surface area contributed by atoms with Gasteiger partial charge in [-0.25, -0.2) is 0 Å². The van der Waals surface area contributed by atoms with E-state index in [2.05, 4.69) is 25.7 Å². The number of rotatable bonds is 5. The minimum absolute atomic E-state index is 0.0552. The van der Waals surface area contributed by atoms with Gasteiger partial charge in [-0.2, -0.15) is 0 Å². The van der Waals surface area contributed by atoms with Gasteiger partial charge in [-0.1, -0.05) is 32.9 Å². The molecule has 1 fully saturated rings. The molecule has 2 rings (SSSR count). The molecule has 1 unspecified atom stereocenters. The Morgan fingerprint density at radius 3 is 2.67 bits per heavy atom. The maximum absolute atomic E-state index is 11.5. The number of ether oxygens (including phenoxy) is 1. The van der Waals surface area contributed by atoms with E-state index in [0.29, 0.717) is 23.3 Å². The van der Waals surface area contributed by atoms with E-state index in [-0.39, 0.29) is 5.78 Å². The summed E-state index contributed by atoms with van der Waals surface area (Å²) in [5, 5.41) is 0. The second kappa shape index (κ2) is 6.61. The Morgan fingerprint density at radius 2 is 2.05 bits per heavy atom. The van der Waals surface area contributed by atoms with Crippen LogP contribution in [0.5, 0.6) is 5.75 Å². The number of para-hydroxylation sites is 1. The van der Waals surface area contributed by atoms with Gasteiger partial charge in [0.2, 0.25) is 0 Å². The molecular formula is C18H27NO2. The lowest BCUT2D eigenvalue weighted by atomic mass is 9.80. The van der Waals surface area contributed by atoms with Crippen molar-refractivity contribution in [3.8, 4) is 5.75 Å². The van der Waals surface area contributed by atoms with Crippen LogP contribution in [0.2, 0.25) is 0 Å². The van der Waals surface area contributed by atoms with E-state index in [1.54, 1.807) is 6.92 Å². The molecule has 1 heterocycles. The number of carbonyl (C=O) groups is 1. The Kier molecular flexibility index (Phi) is 5.04. The summed E-state index contributed by atoms with van der Waals surface area (Å²) in [6.45, 7) is 12.4. The van der Waals surface area contributed by atoms with E-state index >= 15 is 0 Å². The predicted molar refractivity (Wildman–Crippen MR) is 85.9 cm³/mol. The molecule has 0 amide bonds. The third-order valence-corrected chi connectivity index (χ3v) is 4.43. The Morgan fingerprint density at radius 1 is 1.33 bits per heavy atom. The van der Waals surface area contributed by atoms with Gasteiger partial charge in [0.25, 0.3) is 0 Å². The first-order chi connectivity index (χ1) is 9.88. The zero-order valence-electron chi connectivity index (χ0n) is 13.7. The molecule has 0 saturated carbocycles. The molecule has 1 aromatic carbocycles. The summed E-state index contributed by atoms with van der Waals surface area (Å²) < 4.78 is 5.82. The van der Waals surface area contributed by atoms with Crippen LogP contribution in [0.15, 0.2) is 24.3 Å². The summed E-state index contributed by atoms with van der Waals surface area (Å²) >= 11 is 0. The molecule has 0 bridgehead atoms. The van der Waals surface area contributed by atoms with Crippen molar-refractivity contribution in [2.75, 3.05) is 26.2 Å². The van der Waals surface area contributed by atoms with Crippen molar-refractivity contribution in [2.24, 2.45) is 11.3 Å². The molecule has 0 spiro atoms. The number of carbonyl (C=O) groups excluding carboxylic acids is 1. The van der Waals surface area contributed by atoms with Gasteiger partial charge in [-0.05, 0) is 43.4 Å². The Labute approximate surface area is 128 Å². The lowest BCUT2D eigenvalue weighted by Gasteiger charge is -2.27. The van der Waals surface area contributed by atoms with E-state index in [0.717, 1.165) is 25.6 Å². The summed E-state index contributed by atoms with van der Waals surface area (Å²) in [4.78, 5) is 14.0. The van der Waals surface area contributed by atoms with E-state index in [4.69, 9.17) is 4.74 Å². The van der Waals surface area contributed by atoms with Crippen LogP contribution < -0.4 is 4.74 Å². The number of Topliss-reactive ketones (excluding diaryl/α,β-unsaturated/α-hetero) is 1. The number of likely N-dealkylation sites (tertiary alicyclic amines) is 1. The lowest BCUT2D eigenvalue weighted by molar-refractivity contribution is 0.101. The first kappa shape index (κ1) is 16.0. The highest BCUT2D eigenvalue weighted by molar-refractivity contribution is 5.96. The van der Waals surface area contributed by atoms with Crippen LogP contribution in [0, 0.1) is 11.3 Å². The average Bonchev–Trinajstić information content (AvgIpc) is 2.88. The third kappa shape index (κ3) is 4.31. The monoisotopic (exact) mass is 289 g/mol. The van der Waals surface area contributed by atoms with Crippen molar-refractivity contribution < 1.29 is 9.53 Å². The molecule has 0 aromatic heterocycles. The molecule has 0 N–H and O–H groups in total. The third-order valence-electron chi connectivity index (χ3n) is 4.43. The molecule has 1 aliphatic heterocycles. The summed E-state index contributed by atoms with van der Waals surface area (Å²) in [5.74, 6) is 1.53. The highest BCUT2D eigenvalue weighted by Crippen LogP contribution is 2.33. The number of hydrogen-bond donors (Lipinski definition) is 0. The number of hydrogen-bond acceptors (Lipinski definition) is 3. The topological polar surface area (TPSA) is 29.5 Å². The molecule has 3 nitrogen and oxygen atoms in total. The SMILES string of the molecule is CC(=O)c1ccccc1OCCN1CCC(C(C)(C)C)C1. The Bertz CT molecular complexity index is 490. The van der Waals surface area contributed by atoms with Crippen molar-refractivity contribution in [1.82, 2.24) is 4.90 Å². The van der Waals surface area contributed by atoms with Gasteiger partial charge in [0, 0.05) is 13.1 Å². The molecule has 1 saturated heterocycles. The summed E-state index contributed by atoms with van der Waals surface area (Å²) in [7, 11) is 0. The molecule has 1 aliphatic rings. The van der Waals surface area contributed by atoms with Crippen molar-refractivity contribution in [3.05, 3.63) is 29.8 Å². The van der Waals surface area contributed by atoms with Crippen LogP contribution in [-0.4, -0.2) is 36.9 Å². The summed E-state index contributed by atoms with van der Waals surface area (Å²) in [5.41, 5.74) is 1.06. The van der Waals surface area contributed by atoms with Crippen LogP contribution in [0.25, 0.3) is 0 Å². The van der Waals surface area contributed by atoms with Crippen LogP contribution >= 0.6 is 0 Å². The quantitative estimate of drug-likeness (QED) is 0.775. The second-order valence-corrected chi connectivity index (χ2v) is 7.05. The van der Waals surface area contributed by atoms with Gasteiger partial charge in [0.15, 0.2) is 5.78 Å². The molecule has 0 aliphatic carbocycles. The number of benzene rings is 1. The maximum atomic E-state index is 11.5. The minimum atomic E-state index is 0.0552. The van der Waals surface area contributed by atoms with E-state index < -0.39 is 0 Å². The zero-order chi connectivity index (χ0) is 15.5. The van der Waals surface area contributed by atoms with E-state index in [1.807, 2.05) is 24.3 Å². The number of ketones is 1. The lowest BCUT2D eigenvalue weighted by Crippen LogP contribution is -2.29. The normalized spacial score (nSPS) is 19.7. The highest BCUT2D eigenvalue weighted by Gasteiger charge is 2.31. The highest BCUT2D eigenvalue weighted by atomic mass is 16.5. The van der Waals surface area contributed by atoms with Crippen LogP contribution in [-0.2, 0) is 0 Å². The van der Waals surface area contributed by atoms with Gasteiger partial charge in [0.1, 0.15) is 12.4 Å². The van der Waals surface area contributed by atoms with Crippen LogP contribution in [0.4, 0.5) is 0 Å². The first-order valence-electron chi connectivity index (χ1n) is 7.83. The molecule has 1 aromatic rings. The molecular weight excluding hydrogens is 262 g/mol. The van der Waals surface area contributed by atoms with Crippen molar-refractivity contribution in [3.63, 3.8) is 0 Å². The second-order valence-electron chi connectivity index (χ2n) is 7.05. The van der Waals surface area contributed by atoms with E-state index in [1.165, 1.54) is 6.42 Å². The fourth-order valence-electron chi connectivity index (χ4n) is 2.91. The van der Waals surface area contributed by atoms with Crippen molar-refractivity contribution in [1.29, 1.82) is 0 Å². The molecule has 3 heteroatoms. The fraction of sp³-hybridized carbons (Fsp3) is 0.611.